The molecule has 1 aromatic heterocycles. The number of imidazole rings is 1. The predicted octanol–water partition coefficient (Wildman–Crippen LogP) is 2.63. The Morgan fingerprint density at radius 3 is 2.71 bits per heavy atom. The minimum atomic E-state index is -0.931. The normalized spacial score (nSPS) is 14.6. The molecule has 0 aliphatic carbocycles. The lowest BCUT2D eigenvalue weighted by molar-refractivity contribution is 0.0540. The van der Waals surface area contributed by atoms with Crippen LogP contribution in [0.15, 0.2) is 41.1 Å². The minimum absolute atomic E-state index is 0.485. The molecule has 0 radical (unpaired) electrons. The first kappa shape index (κ1) is 12.3. The maximum Gasteiger partial charge on any atom is 0.111 e. The van der Waals surface area contributed by atoms with Gasteiger partial charge in [0.25, 0.3) is 0 Å². The number of rotatable bonds is 3. The number of aromatic nitrogens is 2. The summed E-state index contributed by atoms with van der Waals surface area (Å²) >= 11 is 3.47. The van der Waals surface area contributed by atoms with E-state index >= 15 is 0 Å². The zero-order valence-electron chi connectivity index (χ0n) is 9.89. The van der Waals surface area contributed by atoms with Crippen LogP contribution in [0.1, 0.15) is 18.3 Å². The van der Waals surface area contributed by atoms with Gasteiger partial charge in [-0.3, -0.25) is 0 Å². The third kappa shape index (κ3) is 2.58. The minimum Gasteiger partial charge on any atom is -0.385 e. The van der Waals surface area contributed by atoms with Gasteiger partial charge in [-0.25, -0.2) is 4.98 Å². The van der Waals surface area contributed by atoms with Gasteiger partial charge in [-0.1, -0.05) is 34.1 Å². The van der Waals surface area contributed by atoms with Gasteiger partial charge in [-0.05, 0) is 18.6 Å². The van der Waals surface area contributed by atoms with Crippen molar-refractivity contribution in [1.82, 2.24) is 9.55 Å². The van der Waals surface area contributed by atoms with Crippen molar-refractivity contribution in [3.8, 4) is 0 Å². The molecule has 3 nitrogen and oxygen atoms in total. The highest BCUT2D eigenvalue weighted by Gasteiger charge is 2.27. The van der Waals surface area contributed by atoms with E-state index in [1.807, 2.05) is 49.0 Å². The molecule has 0 fully saturated rings. The lowest BCUT2D eigenvalue weighted by Gasteiger charge is -2.24. The van der Waals surface area contributed by atoms with E-state index in [0.29, 0.717) is 6.42 Å². The molecule has 0 saturated carbocycles. The summed E-state index contributed by atoms with van der Waals surface area (Å²) < 4.78 is 2.84. The molecular weight excluding hydrogens is 280 g/mol. The Morgan fingerprint density at radius 1 is 1.41 bits per heavy atom. The summed E-state index contributed by atoms with van der Waals surface area (Å²) in [6, 6.07) is 7.71. The van der Waals surface area contributed by atoms with E-state index in [2.05, 4.69) is 20.9 Å². The highest BCUT2D eigenvalue weighted by atomic mass is 79.9. The van der Waals surface area contributed by atoms with E-state index in [-0.39, 0.29) is 0 Å². The summed E-state index contributed by atoms with van der Waals surface area (Å²) in [7, 11) is 1.93. The molecule has 4 heteroatoms. The van der Waals surface area contributed by atoms with Crippen LogP contribution in [0.3, 0.4) is 0 Å². The molecule has 0 spiro atoms. The second-order valence-corrected chi connectivity index (χ2v) is 5.24. The van der Waals surface area contributed by atoms with Gasteiger partial charge in [-0.15, -0.1) is 0 Å². The Kier molecular flexibility index (Phi) is 3.35. The molecule has 2 aromatic rings. The van der Waals surface area contributed by atoms with Crippen LogP contribution in [-0.2, 0) is 19.1 Å². The molecular formula is C13H15BrN2O. The second kappa shape index (κ2) is 4.63. The Morgan fingerprint density at radius 2 is 2.12 bits per heavy atom. The Bertz CT molecular complexity index is 520. The van der Waals surface area contributed by atoms with Gasteiger partial charge in [0.1, 0.15) is 5.82 Å². The third-order valence-corrected chi connectivity index (χ3v) is 3.57. The summed E-state index contributed by atoms with van der Waals surface area (Å²) in [5, 5.41) is 10.6. The van der Waals surface area contributed by atoms with Crippen molar-refractivity contribution in [3.63, 3.8) is 0 Å². The number of nitrogens with zero attached hydrogens (tertiary/aromatic N) is 2. The van der Waals surface area contributed by atoms with Gasteiger partial charge in [0.05, 0.1) is 5.60 Å². The second-order valence-electron chi connectivity index (χ2n) is 4.38. The SMILES string of the molecule is Cn1ccnc1CC(C)(O)c1ccccc1Br. The molecule has 0 aliphatic heterocycles. The molecule has 90 valence electrons. The van der Waals surface area contributed by atoms with Crippen LogP contribution in [0.2, 0.25) is 0 Å². The van der Waals surface area contributed by atoms with Crippen LogP contribution in [0.5, 0.6) is 0 Å². The average molecular weight is 295 g/mol. The molecule has 0 aliphatic rings. The summed E-state index contributed by atoms with van der Waals surface area (Å²) in [6.45, 7) is 1.81. The molecule has 2 rings (SSSR count). The van der Waals surface area contributed by atoms with Crippen molar-refractivity contribution in [2.45, 2.75) is 18.9 Å². The highest BCUT2D eigenvalue weighted by Crippen LogP contribution is 2.30. The van der Waals surface area contributed by atoms with Crippen LogP contribution in [0, 0.1) is 0 Å². The molecule has 1 heterocycles. The standard InChI is InChI=1S/C13H15BrN2O/c1-13(17,9-12-15-7-8-16(12)2)10-5-3-4-6-11(10)14/h3-8,17H,9H2,1-2H3. The molecule has 1 N–H and O–H groups in total. The van der Waals surface area contributed by atoms with Crippen LogP contribution < -0.4 is 0 Å². The number of aryl methyl sites for hydroxylation is 1. The van der Waals surface area contributed by atoms with Crippen molar-refractivity contribution < 1.29 is 5.11 Å². The Hall–Kier alpha value is -1.13. The highest BCUT2D eigenvalue weighted by molar-refractivity contribution is 9.10. The first-order chi connectivity index (χ1) is 8.00. The van der Waals surface area contributed by atoms with Gasteiger partial charge in [0.15, 0.2) is 0 Å². The van der Waals surface area contributed by atoms with Crippen LogP contribution in [-0.4, -0.2) is 14.7 Å². The molecule has 1 unspecified atom stereocenters. The Balaban J connectivity index is 2.31. The summed E-state index contributed by atoms with van der Waals surface area (Å²) in [4.78, 5) is 4.24. The van der Waals surface area contributed by atoms with Gasteiger partial charge in [0.2, 0.25) is 0 Å². The van der Waals surface area contributed by atoms with Crippen molar-refractivity contribution in [3.05, 3.63) is 52.5 Å². The fourth-order valence-electron chi connectivity index (χ4n) is 1.87. The smallest absolute Gasteiger partial charge is 0.111 e. The third-order valence-electron chi connectivity index (χ3n) is 2.88. The lowest BCUT2D eigenvalue weighted by atomic mass is 9.92. The molecule has 17 heavy (non-hydrogen) atoms. The van der Waals surface area contributed by atoms with E-state index in [9.17, 15) is 5.11 Å². The van der Waals surface area contributed by atoms with Crippen LogP contribution in [0.4, 0.5) is 0 Å². The van der Waals surface area contributed by atoms with E-state index in [4.69, 9.17) is 0 Å². The van der Waals surface area contributed by atoms with Gasteiger partial charge in [0, 0.05) is 30.3 Å². The van der Waals surface area contributed by atoms with Crippen LogP contribution in [0.25, 0.3) is 0 Å². The topological polar surface area (TPSA) is 38.0 Å². The lowest BCUT2D eigenvalue weighted by Crippen LogP contribution is -2.26. The zero-order valence-corrected chi connectivity index (χ0v) is 11.5. The molecule has 0 bridgehead atoms. The summed E-state index contributed by atoms with van der Waals surface area (Å²) in [5.74, 6) is 0.866. The average Bonchev–Trinajstić information content (AvgIpc) is 2.64. The van der Waals surface area contributed by atoms with E-state index < -0.39 is 5.60 Å². The van der Waals surface area contributed by atoms with E-state index in [1.165, 1.54) is 0 Å². The maximum atomic E-state index is 10.6. The maximum absolute atomic E-state index is 10.6. The van der Waals surface area contributed by atoms with Gasteiger partial charge in [-0.2, -0.15) is 0 Å². The number of halogens is 1. The first-order valence-corrected chi connectivity index (χ1v) is 6.23. The predicted molar refractivity (Wildman–Crippen MR) is 70.6 cm³/mol. The largest absolute Gasteiger partial charge is 0.385 e. The van der Waals surface area contributed by atoms with E-state index in [1.54, 1.807) is 6.20 Å². The number of aliphatic hydroxyl groups is 1. The molecule has 0 saturated heterocycles. The summed E-state index contributed by atoms with van der Waals surface area (Å²) in [6.07, 6.45) is 4.11. The van der Waals surface area contributed by atoms with Crippen molar-refractivity contribution in [2.75, 3.05) is 0 Å². The van der Waals surface area contributed by atoms with Crippen molar-refractivity contribution in [1.29, 1.82) is 0 Å². The quantitative estimate of drug-likeness (QED) is 0.945. The zero-order chi connectivity index (χ0) is 12.5. The van der Waals surface area contributed by atoms with E-state index in [0.717, 1.165) is 15.9 Å². The first-order valence-electron chi connectivity index (χ1n) is 5.44. The van der Waals surface area contributed by atoms with Crippen molar-refractivity contribution in [2.24, 2.45) is 7.05 Å². The van der Waals surface area contributed by atoms with Gasteiger partial charge < -0.3 is 9.67 Å². The number of hydrogen-bond donors (Lipinski definition) is 1. The molecule has 1 aromatic carbocycles. The number of hydrogen-bond acceptors (Lipinski definition) is 2. The molecule has 0 amide bonds. The monoisotopic (exact) mass is 294 g/mol. The fraction of sp³-hybridized carbons (Fsp3) is 0.308. The van der Waals surface area contributed by atoms with Gasteiger partial charge >= 0.3 is 0 Å². The Labute approximate surface area is 109 Å². The molecule has 1 atom stereocenters. The fourth-order valence-corrected chi connectivity index (χ4v) is 2.58. The summed E-state index contributed by atoms with van der Waals surface area (Å²) in [5.41, 5.74) is -0.0536. The number of benzene rings is 1. The van der Waals surface area contributed by atoms with Crippen molar-refractivity contribution >= 4 is 15.9 Å². The van der Waals surface area contributed by atoms with Crippen LogP contribution >= 0.6 is 15.9 Å².